The van der Waals surface area contributed by atoms with Crippen molar-refractivity contribution in [2.45, 2.75) is 0 Å². The molecule has 0 aromatic heterocycles. The van der Waals surface area contributed by atoms with Gasteiger partial charge in [-0.15, -0.1) is 0 Å². The number of rotatable bonds is 1. The van der Waals surface area contributed by atoms with Gasteiger partial charge in [-0.2, -0.15) is 0 Å². The molecule has 0 saturated heterocycles. The third-order valence-electron chi connectivity index (χ3n) is 1.12. The molecule has 0 atom stereocenters. The molecule has 4 nitrogen and oxygen atoms in total. The number of ether oxygens (including phenoxy) is 1. The molecule has 0 aliphatic carbocycles. The number of carboxylic acid groups (broad SMARTS) is 1. The Hall–Kier alpha value is -1.84. The second-order valence-corrected chi connectivity index (χ2v) is 1.99. The molecule has 0 fully saturated rings. The third kappa shape index (κ3) is 2.09. The minimum absolute atomic E-state index is 0.187. The van der Waals surface area contributed by atoms with Gasteiger partial charge in [-0.25, -0.2) is 4.79 Å². The van der Waals surface area contributed by atoms with Crippen LogP contribution in [0, 0.1) is 0 Å². The smallest absolute Gasteiger partial charge is 0.359 e. The van der Waals surface area contributed by atoms with E-state index >= 15 is 0 Å². The van der Waals surface area contributed by atoms with Gasteiger partial charge in [0.15, 0.2) is 5.97 Å². The van der Waals surface area contributed by atoms with Crippen LogP contribution in [-0.2, 0) is 9.59 Å². The van der Waals surface area contributed by atoms with Gasteiger partial charge in [-0.1, -0.05) is 18.2 Å². The SMILES string of the molecule is O=C([O-])C(=O)Oc1ccccc1. The number of aliphatic carboxylic acids is 1. The second-order valence-electron chi connectivity index (χ2n) is 1.99. The predicted molar refractivity (Wildman–Crippen MR) is 37.1 cm³/mol. The Labute approximate surface area is 68.4 Å². The van der Waals surface area contributed by atoms with E-state index in [9.17, 15) is 14.7 Å². The number of esters is 1. The Balaban J connectivity index is 2.65. The number of carbonyl (C=O) groups excluding carboxylic acids is 2. The topological polar surface area (TPSA) is 66.4 Å². The highest BCUT2D eigenvalue weighted by Gasteiger charge is 2.03. The molecule has 62 valence electrons. The van der Waals surface area contributed by atoms with Gasteiger partial charge in [-0.05, 0) is 12.1 Å². The number of hydrogen-bond donors (Lipinski definition) is 0. The van der Waals surface area contributed by atoms with Crippen LogP contribution in [0.3, 0.4) is 0 Å². The van der Waals surface area contributed by atoms with Crippen LogP contribution in [0.4, 0.5) is 0 Å². The van der Waals surface area contributed by atoms with Gasteiger partial charge < -0.3 is 14.6 Å². The van der Waals surface area contributed by atoms with E-state index in [0.717, 1.165) is 0 Å². The van der Waals surface area contributed by atoms with Crippen LogP contribution in [0.1, 0.15) is 0 Å². The standard InChI is InChI=1S/C8H6O4/c9-7(10)8(11)12-6-4-2-1-3-5-6/h1-5H,(H,9,10)/p-1. The van der Waals surface area contributed by atoms with Crippen molar-refractivity contribution >= 4 is 11.9 Å². The molecule has 0 spiro atoms. The summed E-state index contributed by atoms with van der Waals surface area (Å²) in [6.45, 7) is 0. The van der Waals surface area contributed by atoms with Crippen LogP contribution in [0.2, 0.25) is 0 Å². The number of benzene rings is 1. The summed E-state index contributed by atoms with van der Waals surface area (Å²) in [4.78, 5) is 20.3. The minimum atomic E-state index is -1.85. The van der Waals surface area contributed by atoms with Crippen molar-refractivity contribution in [3.63, 3.8) is 0 Å². The number of carboxylic acids is 1. The molecule has 1 aromatic rings. The van der Waals surface area contributed by atoms with E-state index in [1.807, 2.05) is 0 Å². The zero-order chi connectivity index (χ0) is 8.97. The summed E-state index contributed by atoms with van der Waals surface area (Å²) in [5, 5.41) is 9.92. The van der Waals surface area contributed by atoms with Gasteiger partial charge in [0.05, 0.1) is 0 Å². The molecular weight excluding hydrogens is 160 g/mol. The second kappa shape index (κ2) is 3.52. The first-order valence-corrected chi connectivity index (χ1v) is 3.18. The molecule has 1 rings (SSSR count). The molecule has 1 aromatic carbocycles. The maximum absolute atomic E-state index is 10.4. The third-order valence-corrected chi connectivity index (χ3v) is 1.12. The highest BCUT2D eigenvalue weighted by Crippen LogP contribution is 2.07. The summed E-state index contributed by atoms with van der Waals surface area (Å²) in [5.41, 5.74) is 0. The fraction of sp³-hybridized carbons (Fsp3) is 0. The average Bonchev–Trinajstić information content (AvgIpc) is 2.06. The molecule has 12 heavy (non-hydrogen) atoms. The molecular formula is C8H5O4-. The van der Waals surface area contributed by atoms with E-state index in [1.165, 1.54) is 12.1 Å². The first-order chi connectivity index (χ1) is 5.70. The highest BCUT2D eigenvalue weighted by atomic mass is 16.6. The highest BCUT2D eigenvalue weighted by molar-refractivity contribution is 6.28. The largest absolute Gasteiger partial charge is 0.539 e. The summed E-state index contributed by atoms with van der Waals surface area (Å²) in [5.74, 6) is -3.05. The van der Waals surface area contributed by atoms with Crippen molar-refractivity contribution in [3.05, 3.63) is 30.3 Å². The normalized spacial score (nSPS) is 9.00. The lowest BCUT2D eigenvalue weighted by Gasteiger charge is -2.02. The minimum Gasteiger partial charge on any atom is -0.539 e. The van der Waals surface area contributed by atoms with Gasteiger partial charge in [0.1, 0.15) is 5.75 Å². The van der Waals surface area contributed by atoms with Crippen LogP contribution in [0.15, 0.2) is 30.3 Å². The lowest BCUT2D eigenvalue weighted by Crippen LogP contribution is -2.34. The molecule has 0 bridgehead atoms. The van der Waals surface area contributed by atoms with Crippen LogP contribution in [0.25, 0.3) is 0 Å². The van der Waals surface area contributed by atoms with Crippen molar-refractivity contribution < 1.29 is 19.4 Å². The summed E-state index contributed by atoms with van der Waals surface area (Å²) in [7, 11) is 0. The summed E-state index contributed by atoms with van der Waals surface area (Å²) in [6.07, 6.45) is 0. The summed E-state index contributed by atoms with van der Waals surface area (Å²) >= 11 is 0. The van der Waals surface area contributed by atoms with Crippen molar-refractivity contribution in [2.75, 3.05) is 0 Å². The predicted octanol–water partition coefficient (Wildman–Crippen LogP) is -0.658. The zero-order valence-corrected chi connectivity index (χ0v) is 6.02. The Kier molecular flexibility index (Phi) is 2.42. The van der Waals surface area contributed by atoms with E-state index in [2.05, 4.69) is 4.74 Å². The average molecular weight is 165 g/mol. The molecule has 0 aliphatic heterocycles. The number of carbonyl (C=O) groups is 2. The Morgan fingerprint density at radius 1 is 1.17 bits per heavy atom. The lowest BCUT2D eigenvalue weighted by atomic mass is 10.3. The van der Waals surface area contributed by atoms with Gasteiger partial charge in [0.2, 0.25) is 0 Å². The van der Waals surface area contributed by atoms with Crippen molar-refractivity contribution in [2.24, 2.45) is 0 Å². The molecule has 0 N–H and O–H groups in total. The van der Waals surface area contributed by atoms with E-state index in [4.69, 9.17) is 0 Å². The quantitative estimate of drug-likeness (QED) is 0.315. The van der Waals surface area contributed by atoms with Gasteiger partial charge in [-0.3, -0.25) is 0 Å². The van der Waals surface area contributed by atoms with E-state index in [-0.39, 0.29) is 5.75 Å². The van der Waals surface area contributed by atoms with Crippen LogP contribution >= 0.6 is 0 Å². The van der Waals surface area contributed by atoms with Gasteiger partial charge >= 0.3 is 5.97 Å². The number of para-hydroxylation sites is 1. The fourth-order valence-electron chi connectivity index (χ4n) is 0.637. The Bertz CT molecular complexity index is 291. The van der Waals surface area contributed by atoms with Crippen LogP contribution < -0.4 is 9.84 Å². The molecule has 0 aliphatic rings. The first kappa shape index (κ1) is 8.26. The lowest BCUT2D eigenvalue weighted by molar-refractivity contribution is -0.302. The maximum atomic E-state index is 10.4. The van der Waals surface area contributed by atoms with Crippen molar-refractivity contribution in [1.29, 1.82) is 0 Å². The monoisotopic (exact) mass is 165 g/mol. The number of hydrogen-bond acceptors (Lipinski definition) is 4. The van der Waals surface area contributed by atoms with E-state index in [0.29, 0.717) is 0 Å². The Morgan fingerprint density at radius 2 is 1.75 bits per heavy atom. The fourth-order valence-corrected chi connectivity index (χ4v) is 0.637. The van der Waals surface area contributed by atoms with Gasteiger partial charge in [0, 0.05) is 0 Å². The zero-order valence-electron chi connectivity index (χ0n) is 6.02. The molecule has 0 amide bonds. The molecule has 4 heteroatoms. The van der Waals surface area contributed by atoms with Crippen LogP contribution in [0.5, 0.6) is 5.75 Å². The van der Waals surface area contributed by atoms with E-state index in [1.54, 1.807) is 18.2 Å². The maximum Gasteiger partial charge on any atom is 0.359 e. The molecule has 0 heterocycles. The molecule has 0 unspecified atom stereocenters. The Morgan fingerprint density at radius 3 is 2.25 bits per heavy atom. The summed E-state index contributed by atoms with van der Waals surface area (Å²) in [6, 6.07) is 7.91. The van der Waals surface area contributed by atoms with Crippen LogP contribution in [-0.4, -0.2) is 11.9 Å². The van der Waals surface area contributed by atoms with Crippen molar-refractivity contribution in [1.82, 2.24) is 0 Å². The first-order valence-electron chi connectivity index (χ1n) is 3.18. The van der Waals surface area contributed by atoms with E-state index < -0.39 is 11.9 Å². The molecule has 0 radical (unpaired) electrons. The summed E-state index contributed by atoms with van der Waals surface area (Å²) < 4.78 is 4.37. The molecule has 0 saturated carbocycles. The van der Waals surface area contributed by atoms with Crippen molar-refractivity contribution in [3.8, 4) is 5.75 Å². The van der Waals surface area contributed by atoms with Gasteiger partial charge in [0.25, 0.3) is 0 Å².